The Morgan fingerprint density at radius 2 is 1.59 bits per heavy atom. The van der Waals surface area contributed by atoms with Crippen LogP contribution in [0.5, 0.6) is 0 Å². The zero-order chi connectivity index (χ0) is 24.2. The summed E-state index contributed by atoms with van der Waals surface area (Å²) in [6, 6.07) is 16.0. The first kappa shape index (κ1) is 23.1. The molecule has 0 saturated carbocycles. The van der Waals surface area contributed by atoms with Crippen molar-refractivity contribution in [2.75, 3.05) is 6.61 Å². The lowest BCUT2D eigenvalue weighted by molar-refractivity contribution is -0.0617. The zero-order valence-corrected chi connectivity index (χ0v) is 17.5. The molecule has 0 aliphatic carbocycles. The summed E-state index contributed by atoms with van der Waals surface area (Å²) < 4.78 is 30.8. The number of rotatable bonds is 6. The summed E-state index contributed by atoms with van der Waals surface area (Å²) in [6.45, 7) is -0.450. The van der Waals surface area contributed by atoms with Crippen molar-refractivity contribution in [3.05, 3.63) is 105 Å². The summed E-state index contributed by atoms with van der Waals surface area (Å²) in [4.78, 5) is 50.2. The first-order valence-electron chi connectivity index (χ1n) is 10.2. The fourth-order valence-corrected chi connectivity index (χ4v) is 3.46. The molecule has 0 amide bonds. The number of esters is 2. The van der Waals surface area contributed by atoms with Gasteiger partial charge in [-0.05, 0) is 24.3 Å². The predicted octanol–water partition coefficient (Wildman–Crippen LogP) is 1.02. The standard InChI is InChI=1S/C23H19FN2O8/c24-15-11-26(23(31)25-19(15)28)20-17(27)18(34-22(30)14-9-5-2-6-10-14)16(33-20)12-32-21(29)13-7-3-1-4-8-13/h1-11,16-18,20,27H,12H2,(H,25,28,31)/t16-,17?,18-,20-/m1/s1. The van der Waals surface area contributed by atoms with Gasteiger partial charge < -0.3 is 19.3 Å². The van der Waals surface area contributed by atoms with Crippen molar-refractivity contribution < 1.29 is 33.3 Å². The van der Waals surface area contributed by atoms with Gasteiger partial charge in [0.1, 0.15) is 18.8 Å². The molecule has 2 aromatic carbocycles. The third kappa shape index (κ3) is 4.80. The van der Waals surface area contributed by atoms with E-state index in [9.17, 15) is 28.7 Å². The Labute approximate surface area is 191 Å². The molecule has 2 N–H and O–H groups in total. The smallest absolute Gasteiger partial charge is 0.338 e. The van der Waals surface area contributed by atoms with Crippen LogP contribution in [0.1, 0.15) is 26.9 Å². The molecule has 1 unspecified atom stereocenters. The van der Waals surface area contributed by atoms with Gasteiger partial charge in [-0.15, -0.1) is 0 Å². The quantitative estimate of drug-likeness (QED) is 0.510. The minimum atomic E-state index is -1.66. The van der Waals surface area contributed by atoms with Crippen LogP contribution in [-0.2, 0) is 14.2 Å². The van der Waals surface area contributed by atoms with E-state index < -0.39 is 60.2 Å². The van der Waals surface area contributed by atoms with Gasteiger partial charge in [0.2, 0.25) is 5.82 Å². The number of ether oxygens (including phenoxy) is 3. The van der Waals surface area contributed by atoms with Crippen LogP contribution in [0.4, 0.5) is 4.39 Å². The van der Waals surface area contributed by atoms with E-state index in [0.29, 0.717) is 10.8 Å². The summed E-state index contributed by atoms with van der Waals surface area (Å²) >= 11 is 0. The average molecular weight is 470 g/mol. The van der Waals surface area contributed by atoms with E-state index in [1.54, 1.807) is 41.4 Å². The molecule has 1 saturated heterocycles. The van der Waals surface area contributed by atoms with E-state index >= 15 is 0 Å². The molecule has 11 heteroatoms. The van der Waals surface area contributed by atoms with Gasteiger partial charge in [0.05, 0.1) is 17.3 Å². The second kappa shape index (κ2) is 9.81. The van der Waals surface area contributed by atoms with E-state index in [-0.39, 0.29) is 11.1 Å². The van der Waals surface area contributed by atoms with E-state index in [2.05, 4.69) is 0 Å². The first-order chi connectivity index (χ1) is 16.3. The van der Waals surface area contributed by atoms with Gasteiger partial charge in [0.15, 0.2) is 12.3 Å². The highest BCUT2D eigenvalue weighted by Crippen LogP contribution is 2.31. The summed E-state index contributed by atoms with van der Waals surface area (Å²) in [5.74, 6) is -2.78. The summed E-state index contributed by atoms with van der Waals surface area (Å²) in [6.07, 6.45) is -5.21. The molecule has 1 aromatic heterocycles. The lowest BCUT2D eigenvalue weighted by Gasteiger charge is -2.21. The second-order valence-electron chi connectivity index (χ2n) is 7.40. The Hall–Kier alpha value is -4.09. The highest BCUT2D eigenvalue weighted by atomic mass is 19.1. The molecule has 3 aromatic rings. The van der Waals surface area contributed by atoms with Crippen molar-refractivity contribution in [1.82, 2.24) is 9.55 Å². The number of H-pyrrole nitrogens is 1. The molecule has 2 heterocycles. The minimum Gasteiger partial charge on any atom is -0.459 e. The third-order valence-electron chi connectivity index (χ3n) is 5.15. The Kier molecular flexibility index (Phi) is 6.66. The molecule has 10 nitrogen and oxygen atoms in total. The highest BCUT2D eigenvalue weighted by Gasteiger charge is 2.48. The normalized spacial score (nSPS) is 21.7. The SMILES string of the molecule is O=C(OC[C@H]1O[C@@H](n2cc(F)c(=O)[nH]c2=O)C(O)[C@@H]1OC(=O)c1ccccc1)c1ccccc1. The Balaban J connectivity index is 1.59. The van der Waals surface area contributed by atoms with Crippen molar-refractivity contribution in [3.63, 3.8) is 0 Å². The van der Waals surface area contributed by atoms with Crippen LogP contribution in [0.25, 0.3) is 0 Å². The fraction of sp³-hybridized carbons (Fsp3) is 0.217. The number of benzene rings is 2. The molecule has 4 rings (SSSR count). The number of carbonyl (C=O) groups is 2. The summed E-state index contributed by atoms with van der Waals surface area (Å²) in [5.41, 5.74) is -1.85. The van der Waals surface area contributed by atoms with E-state index in [1.165, 1.54) is 24.3 Å². The number of nitrogens with one attached hydrogen (secondary N) is 1. The Morgan fingerprint density at radius 1 is 1.00 bits per heavy atom. The number of aromatic amines is 1. The number of halogens is 1. The van der Waals surface area contributed by atoms with Crippen molar-refractivity contribution in [3.8, 4) is 0 Å². The van der Waals surface area contributed by atoms with Gasteiger partial charge in [-0.25, -0.2) is 14.4 Å². The van der Waals surface area contributed by atoms with E-state index in [1.807, 2.05) is 0 Å². The number of carbonyl (C=O) groups excluding carboxylic acids is 2. The molecule has 0 bridgehead atoms. The van der Waals surface area contributed by atoms with Crippen LogP contribution in [0, 0.1) is 5.82 Å². The van der Waals surface area contributed by atoms with Crippen LogP contribution >= 0.6 is 0 Å². The second-order valence-corrected chi connectivity index (χ2v) is 7.40. The molecule has 34 heavy (non-hydrogen) atoms. The number of nitrogens with zero attached hydrogens (tertiary/aromatic N) is 1. The van der Waals surface area contributed by atoms with Crippen LogP contribution < -0.4 is 11.2 Å². The lowest BCUT2D eigenvalue weighted by atomic mass is 10.1. The monoisotopic (exact) mass is 470 g/mol. The topological polar surface area (TPSA) is 137 Å². The Morgan fingerprint density at radius 3 is 2.21 bits per heavy atom. The number of aliphatic hydroxyl groups excluding tert-OH is 1. The minimum absolute atomic E-state index is 0.186. The van der Waals surface area contributed by atoms with Crippen molar-refractivity contribution in [1.29, 1.82) is 0 Å². The number of hydrogen-bond donors (Lipinski definition) is 2. The lowest BCUT2D eigenvalue weighted by Crippen LogP contribution is -2.41. The number of aliphatic hydroxyl groups is 1. The molecular weight excluding hydrogens is 451 g/mol. The molecule has 1 aliphatic heterocycles. The molecule has 1 aliphatic rings. The molecule has 0 radical (unpaired) electrons. The van der Waals surface area contributed by atoms with Gasteiger partial charge in [-0.2, -0.15) is 4.39 Å². The van der Waals surface area contributed by atoms with Crippen molar-refractivity contribution in [2.45, 2.75) is 24.5 Å². The van der Waals surface area contributed by atoms with Crippen LogP contribution in [0.3, 0.4) is 0 Å². The largest absolute Gasteiger partial charge is 0.459 e. The van der Waals surface area contributed by atoms with Gasteiger partial charge >= 0.3 is 17.6 Å². The molecule has 4 atom stereocenters. The molecular formula is C23H19FN2O8. The Bertz CT molecular complexity index is 1290. The van der Waals surface area contributed by atoms with Crippen molar-refractivity contribution >= 4 is 11.9 Å². The predicted molar refractivity (Wildman–Crippen MR) is 114 cm³/mol. The summed E-state index contributed by atoms with van der Waals surface area (Å²) in [5, 5.41) is 10.8. The maximum Gasteiger partial charge on any atom is 0.338 e. The van der Waals surface area contributed by atoms with Gasteiger partial charge in [-0.1, -0.05) is 36.4 Å². The zero-order valence-electron chi connectivity index (χ0n) is 17.5. The van der Waals surface area contributed by atoms with Crippen LogP contribution in [0.15, 0.2) is 76.4 Å². The van der Waals surface area contributed by atoms with Crippen LogP contribution in [-0.4, -0.2) is 51.5 Å². The molecule has 1 fully saturated rings. The van der Waals surface area contributed by atoms with E-state index in [0.717, 1.165) is 0 Å². The van der Waals surface area contributed by atoms with Gasteiger partial charge in [-0.3, -0.25) is 14.3 Å². The van der Waals surface area contributed by atoms with Gasteiger partial charge in [0, 0.05) is 0 Å². The molecule has 0 spiro atoms. The van der Waals surface area contributed by atoms with Crippen molar-refractivity contribution in [2.24, 2.45) is 0 Å². The van der Waals surface area contributed by atoms with E-state index in [4.69, 9.17) is 14.2 Å². The highest BCUT2D eigenvalue weighted by molar-refractivity contribution is 5.90. The summed E-state index contributed by atoms with van der Waals surface area (Å²) in [7, 11) is 0. The maximum absolute atomic E-state index is 13.8. The number of hydrogen-bond acceptors (Lipinski definition) is 8. The maximum atomic E-state index is 13.8. The first-order valence-corrected chi connectivity index (χ1v) is 10.2. The third-order valence-corrected chi connectivity index (χ3v) is 5.15. The van der Waals surface area contributed by atoms with Crippen LogP contribution in [0.2, 0.25) is 0 Å². The number of aromatic nitrogens is 2. The molecule has 176 valence electrons. The average Bonchev–Trinajstić information content (AvgIpc) is 3.15. The fourth-order valence-electron chi connectivity index (χ4n) is 3.46. The van der Waals surface area contributed by atoms with Gasteiger partial charge in [0.25, 0.3) is 5.56 Å².